The van der Waals surface area contributed by atoms with Crippen LogP contribution in [0.5, 0.6) is 0 Å². The molecule has 12 heavy (non-hydrogen) atoms. The third-order valence-electron chi connectivity index (χ3n) is 1.40. The second-order valence-electron chi connectivity index (χ2n) is 2.41. The van der Waals surface area contributed by atoms with Crippen LogP contribution in [0.1, 0.15) is 12.8 Å². The van der Waals surface area contributed by atoms with Crippen molar-refractivity contribution in [3.8, 4) is 0 Å². The maximum absolute atomic E-state index is 10.2. The summed E-state index contributed by atoms with van der Waals surface area (Å²) in [5, 5.41) is 17.2. The fraction of sp³-hybridized carbons (Fsp3) is 0.833. The Kier molecular flexibility index (Phi) is 8.07. The molecule has 0 aliphatic carbocycles. The van der Waals surface area contributed by atoms with Crippen molar-refractivity contribution < 1.29 is 15.0 Å². The van der Waals surface area contributed by atoms with E-state index >= 15 is 0 Å². The standard InChI is InChI=1S/C6H14N2O3.H3N/c7-3-4(9)1-2-5(8)6(10)11;/h4-5,9H,1-3,7-8H2,(H,10,11);1H3/t4-,5+;/m1./s1. The number of carboxylic acids is 1. The molecule has 9 N–H and O–H groups in total. The van der Waals surface area contributed by atoms with Gasteiger partial charge in [-0.1, -0.05) is 0 Å². The van der Waals surface area contributed by atoms with Crippen molar-refractivity contribution in [2.75, 3.05) is 6.54 Å². The molecule has 0 aromatic rings. The number of aliphatic carboxylic acids is 1. The van der Waals surface area contributed by atoms with Gasteiger partial charge in [0.05, 0.1) is 6.10 Å². The highest BCUT2D eigenvalue weighted by Gasteiger charge is 2.12. The molecule has 0 aromatic heterocycles. The summed E-state index contributed by atoms with van der Waals surface area (Å²) >= 11 is 0. The molecular formula is C6H17N3O3. The number of nitrogens with two attached hydrogens (primary N) is 2. The zero-order valence-electron chi connectivity index (χ0n) is 6.94. The zero-order chi connectivity index (χ0) is 8.85. The quantitative estimate of drug-likeness (QED) is 0.353. The Labute approximate surface area is 71.1 Å². The van der Waals surface area contributed by atoms with E-state index in [-0.39, 0.29) is 19.1 Å². The van der Waals surface area contributed by atoms with E-state index in [1.807, 2.05) is 0 Å². The minimum Gasteiger partial charge on any atom is -0.480 e. The highest BCUT2D eigenvalue weighted by Crippen LogP contribution is 1.98. The second kappa shape index (κ2) is 6.99. The third-order valence-corrected chi connectivity index (χ3v) is 1.40. The molecule has 0 aromatic carbocycles. The van der Waals surface area contributed by atoms with E-state index in [0.717, 1.165) is 0 Å². The van der Waals surface area contributed by atoms with Crippen LogP contribution < -0.4 is 17.6 Å². The number of aliphatic hydroxyl groups excluding tert-OH is 1. The van der Waals surface area contributed by atoms with Gasteiger partial charge in [0.25, 0.3) is 0 Å². The SMILES string of the molecule is N.NC[C@H](O)CC[C@H](N)C(=O)O. The van der Waals surface area contributed by atoms with E-state index in [9.17, 15) is 4.79 Å². The maximum atomic E-state index is 10.2. The molecule has 6 nitrogen and oxygen atoms in total. The lowest BCUT2D eigenvalue weighted by Crippen LogP contribution is -2.32. The van der Waals surface area contributed by atoms with Gasteiger partial charge in [0.1, 0.15) is 6.04 Å². The van der Waals surface area contributed by atoms with Crippen molar-refractivity contribution in [1.29, 1.82) is 0 Å². The summed E-state index contributed by atoms with van der Waals surface area (Å²) in [4.78, 5) is 10.2. The molecule has 0 fully saturated rings. The lowest BCUT2D eigenvalue weighted by atomic mass is 10.1. The van der Waals surface area contributed by atoms with Crippen molar-refractivity contribution in [3.63, 3.8) is 0 Å². The molecule has 0 rings (SSSR count). The number of hydrogen-bond acceptors (Lipinski definition) is 5. The Bertz CT molecular complexity index is 131. The first-order chi connectivity index (χ1) is 5.07. The van der Waals surface area contributed by atoms with Crippen molar-refractivity contribution in [2.24, 2.45) is 11.5 Å². The highest BCUT2D eigenvalue weighted by atomic mass is 16.4. The van der Waals surface area contributed by atoms with Crippen molar-refractivity contribution in [2.45, 2.75) is 25.0 Å². The number of rotatable bonds is 5. The normalized spacial score (nSPS) is 14.6. The summed E-state index contributed by atoms with van der Waals surface area (Å²) in [6.45, 7) is 0.145. The Morgan fingerprint density at radius 1 is 1.42 bits per heavy atom. The maximum Gasteiger partial charge on any atom is 0.320 e. The molecule has 0 amide bonds. The molecule has 2 atom stereocenters. The summed E-state index contributed by atoms with van der Waals surface area (Å²) in [5.41, 5.74) is 10.3. The fourth-order valence-corrected chi connectivity index (χ4v) is 0.613. The monoisotopic (exact) mass is 179 g/mol. The molecule has 0 saturated heterocycles. The van der Waals surface area contributed by atoms with Crippen LogP contribution in [0.4, 0.5) is 0 Å². The Morgan fingerprint density at radius 2 is 1.92 bits per heavy atom. The van der Waals surface area contributed by atoms with Gasteiger partial charge in [-0.15, -0.1) is 0 Å². The van der Waals surface area contributed by atoms with Gasteiger partial charge in [-0.2, -0.15) is 0 Å². The summed E-state index contributed by atoms with van der Waals surface area (Å²) in [7, 11) is 0. The fourth-order valence-electron chi connectivity index (χ4n) is 0.613. The van der Waals surface area contributed by atoms with Crippen LogP contribution in [0, 0.1) is 0 Å². The molecule has 0 bridgehead atoms. The van der Waals surface area contributed by atoms with Crippen LogP contribution in [0.3, 0.4) is 0 Å². The number of carbonyl (C=O) groups is 1. The number of aliphatic hydroxyl groups is 1. The molecule has 6 heteroatoms. The Hall–Kier alpha value is -0.690. The molecular weight excluding hydrogens is 162 g/mol. The van der Waals surface area contributed by atoms with Crippen LogP contribution in [-0.4, -0.2) is 34.9 Å². The van der Waals surface area contributed by atoms with Crippen LogP contribution >= 0.6 is 0 Å². The van der Waals surface area contributed by atoms with E-state index < -0.39 is 18.1 Å². The van der Waals surface area contributed by atoms with E-state index in [1.165, 1.54) is 0 Å². The van der Waals surface area contributed by atoms with E-state index in [2.05, 4.69) is 0 Å². The van der Waals surface area contributed by atoms with Gasteiger partial charge in [-0.3, -0.25) is 4.79 Å². The molecule has 0 saturated carbocycles. The molecule has 0 aliphatic heterocycles. The summed E-state index contributed by atoms with van der Waals surface area (Å²) < 4.78 is 0. The molecule has 0 heterocycles. The predicted molar refractivity (Wildman–Crippen MR) is 44.9 cm³/mol. The van der Waals surface area contributed by atoms with E-state index in [1.54, 1.807) is 0 Å². The predicted octanol–water partition coefficient (Wildman–Crippen LogP) is -1.34. The van der Waals surface area contributed by atoms with Gasteiger partial charge < -0.3 is 27.8 Å². The Balaban J connectivity index is 0. The molecule has 0 radical (unpaired) electrons. The topological polar surface area (TPSA) is 145 Å². The van der Waals surface area contributed by atoms with Crippen LogP contribution in [0.25, 0.3) is 0 Å². The average Bonchev–Trinajstić information content (AvgIpc) is 1.99. The molecule has 0 spiro atoms. The molecule has 74 valence electrons. The van der Waals surface area contributed by atoms with Gasteiger partial charge >= 0.3 is 5.97 Å². The summed E-state index contributed by atoms with van der Waals surface area (Å²) in [6.07, 6.45) is -0.0436. The van der Waals surface area contributed by atoms with Crippen molar-refractivity contribution in [3.05, 3.63) is 0 Å². The summed E-state index contributed by atoms with van der Waals surface area (Å²) in [6, 6.07) is -0.892. The van der Waals surface area contributed by atoms with E-state index in [0.29, 0.717) is 6.42 Å². The molecule has 0 aliphatic rings. The van der Waals surface area contributed by atoms with Crippen molar-refractivity contribution in [1.82, 2.24) is 6.15 Å². The van der Waals surface area contributed by atoms with Crippen molar-refractivity contribution >= 4 is 5.97 Å². The van der Waals surface area contributed by atoms with Crippen LogP contribution in [-0.2, 0) is 4.79 Å². The minimum absolute atomic E-state index is 0. The minimum atomic E-state index is -1.05. The first kappa shape index (κ1) is 13.9. The van der Waals surface area contributed by atoms with Gasteiger partial charge in [0.15, 0.2) is 0 Å². The lowest BCUT2D eigenvalue weighted by Gasteiger charge is -2.09. The Morgan fingerprint density at radius 3 is 2.25 bits per heavy atom. The number of hydrogen-bond donors (Lipinski definition) is 5. The highest BCUT2D eigenvalue weighted by molar-refractivity contribution is 5.72. The third kappa shape index (κ3) is 6.05. The lowest BCUT2D eigenvalue weighted by molar-refractivity contribution is -0.138. The first-order valence-electron chi connectivity index (χ1n) is 3.44. The first-order valence-corrected chi connectivity index (χ1v) is 3.44. The van der Waals surface area contributed by atoms with Gasteiger partial charge in [-0.05, 0) is 12.8 Å². The van der Waals surface area contributed by atoms with E-state index in [4.69, 9.17) is 21.7 Å². The van der Waals surface area contributed by atoms with Crippen LogP contribution in [0.15, 0.2) is 0 Å². The van der Waals surface area contributed by atoms with Gasteiger partial charge in [0.2, 0.25) is 0 Å². The second-order valence-corrected chi connectivity index (χ2v) is 2.41. The van der Waals surface area contributed by atoms with Crippen LogP contribution in [0.2, 0.25) is 0 Å². The zero-order valence-corrected chi connectivity index (χ0v) is 6.94. The van der Waals surface area contributed by atoms with Gasteiger partial charge in [0, 0.05) is 6.54 Å². The average molecular weight is 179 g/mol. The smallest absolute Gasteiger partial charge is 0.320 e. The number of carboxylic acid groups (broad SMARTS) is 1. The largest absolute Gasteiger partial charge is 0.480 e. The molecule has 0 unspecified atom stereocenters. The summed E-state index contributed by atoms with van der Waals surface area (Å²) in [5.74, 6) is -1.05. The van der Waals surface area contributed by atoms with Gasteiger partial charge in [-0.25, -0.2) is 0 Å².